The van der Waals surface area contributed by atoms with E-state index >= 15 is 0 Å². The Morgan fingerprint density at radius 1 is 0.926 bits per heavy atom. The predicted molar refractivity (Wildman–Crippen MR) is 103 cm³/mol. The summed E-state index contributed by atoms with van der Waals surface area (Å²) in [6, 6.07) is 16.8. The van der Waals surface area contributed by atoms with E-state index in [2.05, 4.69) is 20.6 Å². The van der Waals surface area contributed by atoms with E-state index in [4.69, 9.17) is 9.15 Å². The maximum atomic E-state index is 11.6. The van der Waals surface area contributed by atoms with Gasteiger partial charge in [0.2, 0.25) is 0 Å². The highest BCUT2D eigenvalue weighted by Gasteiger charge is 2.11. The number of carbonyl (C=O) groups excluding carboxylic acids is 1. The number of carbonyl (C=O) groups is 1. The summed E-state index contributed by atoms with van der Waals surface area (Å²) in [6.07, 6.45) is 3.47. The van der Waals surface area contributed by atoms with E-state index in [9.17, 15) is 4.79 Å². The zero-order chi connectivity index (χ0) is 18.6. The highest BCUT2D eigenvalue weighted by atomic mass is 16.5. The number of aromatic nitrogens is 2. The summed E-state index contributed by atoms with van der Waals surface area (Å²) in [6.45, 7) is 0. The molecule has 0 aliphatic carbocycles. The van der Waals surface area contributed by atoms with Crippen molar-refractivity contribution >= 4 is 40.1 Å². The van der Waals surface area contributed by atoms with Gasteiger partial charge in [0.25, 0.3) is 6.01 Å². The van der Waals surface area contributed by atoms with Crippen molar-refractivity contribution in [3.8, 4) is 0 Å². The highest BCUT2D eigenvalue weighted by molar-refractivity contribution is 5.93. The van der Waals surface area contributed by atoms with Crippen LogP contribution < -0.4 is 10.6 Å². The van der Waals surface area contributed by atoms with Crippen LogP contribution in [0.15, 0.2) is 71.4 Å². The van der Waals surface area contributed by atoms with E-state index in [0.29, 0.717) is 22.7 Å². The van der Waals surface area contributed by atoms with Gasteiger partial charge in [0, 0.05) is 29.5 Å². The zero-order valence-electron chi connectivity index (χ0n) is 14.5. The Balaban J connectivity index is 1.49. The summed E-state index contributed by atoms with van der Waals surface area (Å²) < 4.78 is 10.4. The molecule has 0 amide bonds. The second-order valence-electron chi connectivity index (χ2n) is 5.76. The molecule has 4 aromatic rings. The lowest BCUT2D eigenvalue weighted by Gasteiger charge is -2.07. The quantitative estimate of drug-likeness (QED) is 0.507. The Bertz CT molecular complexity index is 1080. The first-order valence-corrected chi connectivity index (χ1v) is 8.24. The fourth-order valence-corrected chi connectivity index (χ4v) is 2.59. The number of nitrogens with one attached hydrogen (secondary N) is 2. The topological polar surface area (TPSA) is 89.3 Å². The normalized spacial score (nSPS) is 10.6. The summed E-state index contributed by atoms with van der Waals surface area (Å²) in [4.78, 5) is 20.0. The van der Waals surface area contributed by atoms with Crippen LogP contribution in [-0.2, 0) is 4.74 Å². The molecule has 7 nitrogen and oxygen atoms in total. The van der Waals surface area contributed by atoms with Gasteiger partial charge in [0.1, 0.15) is 5.52 Å². The SMILES string of the molecule is COC(=O)c1ccc2nc(Nc3ccc(Nc4ccncc4)cc3)oc2c1. The molecule has 0 saturated heterocycles. The minimum absolute atomic E-state index is 0.349. The maximum Gasteiger partial charge on any atom is 0.337 e. The first kappa shape index (κ1) is 16.6. The molecule has 0 bridgehead atoms. The lowest BCUT2D eigenvalue weighted by molar-refractivity contribution is 0.0601. The standard InChI is InChI=1S/C20H16N4O3/c1-26-19(25)13-2-7-17-18(12-13)27-20(24-17)23-15-5-3-14(4-6-15)22-16-8-10-21-11-9-16/h2-12H,1H3,(H,21,22)(H,23,24). The number of nitrogens with zero attached hydrogens (tertiary/aromatic N) is 2. The van der Waals surface area contributed by atoms with Gasteiger partial charge in [-0.25, -0.2) is 4.79 Å². The van der Waals surface area contributed by atoms with Gasteiger partial charge < -0.3 is 19.8 Å². The van der Waals surface area contributed by atoms with Gasteiger partial charge in [0.15, 0.2) is 5.58 Å². The number of benzene rings is 2. The Morgan fingerprint density at radius 3 is 2.30 bits per heavy atom. The molecule has 0 fully saturated rings. The molecule has 4 rings (SSSR count). The lowest BCUT2D eigenvalue weighted by Crippen LogP contribution is -2.00. The minimum Gasteiger partial charge on any atom is -0.465 e. The minimum atomic E-state index is -0.417. The van der Waals surface area contributed by atoms with Crippen LogP contribution in [0.1, 0.15) is 10.4 Å². The van der Waals surface area contributed by atoms with Crippen molar-refractivity contribution < 1.29 is 13.9 Å². The molecule has 2 heterocycles. The van der Waals surface area contributed by atoms with E-state index in [-0.39, 0.29) is 0 Å². The van der Waals surface area contributed by atoms with Gasteiger partial charge in [-0.05, 0) is 54.6 Å². The summed E-state index contributed by atoms with van der Waals surface area (Å²) in [5.41, 5.74) is 4.32. The smallest absolute Gasteiger partial charge is 0.337 e. The van der Waals surface area contributed by atoms with Crippen LogP contribution in [0.3, 0.4) is 0 Å². The Hall–Kier alpha value is -3.87. The summed E-state index contributed by atoms with van der Waals surface area (Å²) in [5, 5.41) is 6.40. The molecule has 2 aromatic heterocycles. The molecule has 7 heteroatoms. The number of methoxy groups -OCH3 is 1. The van der Waals surface area contributed by atoms with E-state index in [1.54, 1.807) is 30.6 Å². The molecule has 0 unspecified atom stereocenters. The summed E-state index contributed by atoms with van der Waals surface area (Å²) in [5.74, 6) is -0.417. The van der Waals surface area contributed by atoms with Crippen molar-refractivity contribution in [1.29, 1.82) is 0 Å². The van der Waals surface area contributed by atoms with Crippen molar-refractivity contribution in [2.24, 2.45) is 0 Å². The van der Waals surface area contributed by atoms with Gasteiger partial charge in [-0.15, -0.1) is 0 Å². The highest BCUT2D eigenvalue weighted by Crippen LogP contribution is 2.25. The number of anilines is 4. The first-order chi connectivity index (χ1) is 13.2. The third kappa shape index (κ3) is 3.72. The Morgan fingerprint density at radius 2 is 1.59 bits per heavy atom. The third-order valence-corrected chi connectivity index (χ3v) is 3.91. The van der Waals surface area contributed by atoms with Gasteiger partial charge >= 0.3 is 5.97 Å². The number of hydrogen-bond donors (Lipinski definition) is 2. The van der Waals surface area contributed by atoms with Gasteiger partial charge in [-0.1, -0.05) is 0 Å². The molecule has 0 aliphatic heterocycles. The number of oxazole rings is 1. The van der Waals surface area contributed by atoms with E-state index in [1.165, 1.54) is 7.11 Å². The predicted octanol–water partition coefficient (Wildman–Crippen LogP) is 4.50. The summed E-state index contributed by atoms with van der Waals surface area (Å²) >= 11 is 0. The monoisotopic (exact) mass is 360 g/mol. The van der Waals surface area contributed by atoms with Crippen molar-refractivity contribution in [3.05, 3.63) is 72.6 Å². The average Bonchev–Trinajstić information content (AvgIpc) is 3.11. The van der Waals surface area contributed by atoms with Gasteiger partial charge in [-0.2, -0.15) is 4.98 Å². The number of fused-ring (bicyclic) bond motifs is 1. The summed E-state index contributed by atoms with van der Waals surface area (Å²) in [7, 11) is 1.34. The fraction of sp³-hybridized carbons (Fsp3) is 0.0500. The number of pyridine rings is 1. The number of ether oxygens (including phenoxy) is 1. The van der Waals surface area contributed by atoms with Crippen molar-refractivity contribution in [2.75, 3.05) is 17.7 Å². The molecule has 0 spiro atoms. The molecular formula is C20H16N4O3. The maximum absolute atomic E-state index is 11.6. The second kappa shape index (κ2) is 7.17. The first-order valence-electron chi connectivity index (χ1n) is 8.24. The van der Waals surface area contributed by atoms with E-state index in [1.807, 2.05) is 36.4 Å². The number of esters is 1. The van der Waals surface area contributed by atoms with Crippen molar-refractivity contribution in [1.82, 2.24) is 9.97 Å². The average molecular weight is 360 g/mol. The van der Waals surface area contributed by atoms with Crippen LogP contribution in [0.25, 0.3) is 11.1 Å². The number of hydrogen-bond acceptors (Lipinski definition) is 7. The van der Waals surface area contributed by atoms with Gasteiger partial charge in [-0.3, -0.25) is 4.98 Å². The lowest BCUT2D eigenvalue weighted by atomic mass is 10.2. The number of rotatable bonds is 5. The molecule has 0 saturated carbocycles. The van der Waals surface area contributed by atoms with E-state index in [0.717, 1.165) is 17.1 Å². The third-order valence-electron chi connectivity index (χ3n) is 3.91. The molecule has 0 atom stereocenters. The fourth-order valence-electron chi connectivity index (χ4n) is 2.59. The molecule has 0 aliphatic rings. The molecule has 2 aromatic carbocycles. The van der Waals surface area contributed by atoms with Gasteiger partial charge in [0.05, 0.1) is 12.7 Å². The molecular weight excluding hydrogens is 344 g/mol. The largest absolute Gasteiger partial charge is 0.465 e. The van der Waals surface area contributed by atoms with Crippen LogP contribution in [0.4, 0.5) is 23.1 Å². The Kier molecular flexibility index (Phi) is 4.40. The van der Waals surface area contributed by atoms with Crippen LogP contribution in [0.5, 0.6) is 0 Å². The van der Waals surface area contributed by atoms with Crippen LogP contribution in [0.2, 0.25) is 0 Å². The Labute approximate surface area is 155 Å². The van der Waals surface area contributed by atoms with Crippen molar-refractivity contribution in [2.45, 2.75) is 0 Å². The molecule has 134 valence electrons. The zero-order valence-corrected chi connectivity index (χ0v) is 14.5. The van der Waals surface area contributed by atoms with Crippen LogP contribution in [-0.4, -0.2) is 23.0 Å². The van der Waals surface area contributed by atoms with Crippen molar-refractivity contribution in [3.63, 3.8) is 0 Å². The molecule has 27 heavy (non-hydrogen) atoms. The molecule has 2 N–H and O–H groups in total. The van der Waals surface area contributed by atoms with E-state index < -0.39 is 5.97 Å². The van der Waals surface area contributed by atoms with Crippen LogP contribution in [0, 0.1) is 0 Å². The second-order valence-corrected chi connectivity index (χ2v) is 5.76. The molecule has 0 radical (unpaired) electrons. The van der Waals surface area contributed by atoms with Crippen LogP contribution >= 0.6 is 0 Å².